The number of aromatic nitrogens is 2. The first-order valence-corrected chi connectivity index (χ1v) is 14.8. The molecule has 0 spiro atoms. The zero-order valence-corrected chi connectivity index (χ0v) is 23.6. The number of pyridine rings is 2. The van der Waals surface area contributed by atoms with Crippen LogP contribution in [-0.4, -0.2) is 49.3 Å². The highest BCUT2D eigenvalue weighted by molar-refractivity contribution is 7.85. The van der Waals surface area contributed by atoms with Crippen molar-refractivity contribution in [2.24, 2.45) is 5.10 Å². The minimum atomic E-state index is -4.54. The van der Waals surface area contributed by atoms with Gasteiger partial charge in [0.15, 0.2) is 25.2 Å². The van der Waals surface area contributed by atoms with Crippen LogP contribution in [0.3, 0.4) is 0 Å². The Bertz CT molecular complexity index is 2110. The zero-order chi connectivity index (χ0) is 29.7. The first kappa shape index (κ1) is 26.7. The number of hydrazone groups is 1. The van der Waals surface area contributed by atoms with Crippen molar-refractivity contribution in [2.75, 3.05) is 7.11 Å². The second-order valence-electron chi connectivity index (χ2n) is 10.1. The van der Waals surface area contributed by atoms with Crippen molar-refractivity contribution in [3.8, 4) is 11.5 Å². The molecule has 0 aliphatic carbocycles. The molecule has 2 aliphatic rings. The van der Waals surface area contributed by atoms with Gasteiger partial charge in [-0.15, -0.1) is 0 Å². The second-order valence-corrected chi connectivity index (χ2v) is 11.5. The second kappa shape index (κ2) is 10.3. The molecule has 5 aromatic rings. The molecule has 0 bridgehead atoms. The largest absolute Gasteiger partial charge is 0.541 e. The fraction of sp³-hybridized carbons (Fsp3) is 0.129. The number of carbonyl (C=O) groups is 1. The van der Waals surface area contributed by atoms with Gasteiger partial charge in [-0.1, -0.05) is 4.57 Å². The maximum absolute atomic E-state index is 12.3. The van der Waals surface area contributed by atoms with E-state index in [1.54, 1.807) is 30.1 Å². The Balaban J connectivity index is 1.53. The lowest BCUT2D eigenvalue weighted by atomic mass is 10.1. The number of aldehydes is 1. The fourth-order valence-corrected chi connectivity index (χ4v) is 5.91. The SMILES string of the molecule is COc1ccc(C2=N[N+]3=Cc4cc(S(=O)(=O)O)ccc4OC(C=O)C[n+]4cccc5ccc6ccc[n+](c6c54)C3O2)cc1. The number of ether oxygens (including phenoxy) is 3. The number of hydrogen-bond acceptors (Lipinski definition) is 7. The zero-order valence-electron chi connectivity index (χ0n) is 22.8. The summed E-state index contributed by atoms with van der Waals surface area (Å²) in [4.78, 5) is 12.0. The van der Waals surface area contributed by atoms with Crippen LogP contribution in [0.25, 0.3) is 21.8 Å². The molecule has 2 aliphatic heterocycles. The summed E-state index contributed by atoms with van der Waals surface area (Å²) in [6.07, 6.45) is 4.27. The molecular weight excluding hydrogens is 572 g/mol. The average molecular weight is 598 g/mol. The Labute approximate surface area is 245 Å². The number of nitrogens with zero attached hydrogens (tertiary/aromatic N) is 4. The third-order valence-electron chi connectivity index (χ3n) is 7.41. The van der Waals surface area contributed by atoms with Gasteiger partial charge in [0.05, 0.1) is 28.3 Å². The highest BCUT2D eigenvalue weighted by atomic mass is 32.2. The summed E-state index contributed by atoms with van der Waals surface area (Å²) in [5.74, 6) is 1.21. The van der Waals surface area contributed by atoms with Crippen LogP contribution in [-0.2, 0) is 26.2 Å². The summed E-state index contributed by atoms with van der Waals surface area (Å²) in [6.45, 7) is 0.178. The van der Waals surface area contributed by atoms with Crippen molar-refractivity contribution in [3.05, 3.63) is 102 Å². The molecule has 12 heteroatoms. The van der Waals surface area contributed by atoms with Crippen molar-refractivity contribution in [1.82, 2.24) is 0 Å². The van der Waals surface area contributed by atoms with E-state index in [2.05, 4.69) is 0 Å². The summed E-state index contributed by atoms with van der Waals surface area (Å²) in [6, 6.07) is 23.0. The molecule has 2 aromatic heterocycles. The van der Waals surface area contributed by atoms with E-state index in [0.29, 0.717) is 23.5 Å². The van der Waals surface area contributed by atoms with Crippen molar-refractivity contribution in [3.63, 3.8) is 0 Å². The predicted molar refractivity (Wildman–Crippen MR) is 154 cm³/mol. The van der Waals surface area contributed by atoms with Crippen LogP contribution in [0.5, 0.6) is 11.5 Å². The van der Waals surface area contributed by atoms with Crippen LogP contribution >= 0.6 is 0 Å². The summed E-state index contributed by atoms with van der Waals surface area (Å²) < 4.78 is 57.3. The number of methoxy groups -OCH3 is 1. The van der Waals surface area contributed by atoms with Gasteiger partial charge < -0.3 is 14.2 Å². The van der Waals surface area contributed by atoms with Gasteiger partial charge in [0.2, 0.25) is 12.3 Å². The monoisotopic (exact) mass is 597 g/mol. The minimum absolute atomic E-state index is 0.178. The van der Waals surface area contributed by atoms with Crippen LogP contribution < -0.4 is 18.6 Å². The summed E-state index contributed by atoms with van der Waals surface area (Å²) >= 11 is 0. The van der Waals surface area contributed by atoms with Gasteiger partial charge in [-0.2, -0.15) is 13.0 Å². The standard InChI is InChI=1S/C31H24N4O7S/c1-40-24-10-8-22(9-11-24)30-32-35-17-23-16-26(43(37,38)39)12-13-27(23)41-25(19-36)18-33-14-2-4-20-6-7-21-5-3-15-34(31(35)42-30)29(21)28(20)33/h2-17,19,25,31H,18H2,1H3/q+2/p+1. The molecule has 2 atom stereocenters. The smallest absolute Gasteiger partial charge is 0.497 e. The average Bonchev–Trinajstić information content (AvgIpc) is 3.43. The van der Waals surface area contributed by atoms with Crippen LogP contribution in [0.1, 0.15) is 17.5 Å². The molecule has 3 aromatic carbocycles. The molecule has 43 heavy (non-hydrogen) atoms. The summed E-state index contributed by atoms with van der Waals surface area (Å²) in [5, 5.41) is 6.63. The Kier molecular flexibility index (Phi) is 6.37. The van der Waals surface area contributed by atoms with Crippen molar-refractivity contribution < 1.29 is 45.8 Å². The van der Waals surface area contributed by atoms with Crippen molar-refractivity contribution in [2.45, 2.75) is 23.9 Å². The van der Waals surface area contributed by atoms with Crippen LogP contribution in [0.15, 0.2) is 101 Å². The number of benzene rings is 3. The van der Waals surface area contributed by atoms with E-state index >= 15 is 0 Å². The topological polar surface area (TPSA) is 122 Å². The number of rotatable bonds is 4. The molecule has 214 valence electrons. The van der Waals surface area contributed by atoms with E-state index in [9.17, 15) is 17.8 Å². The molecule has 7 rings (SSSR count). The normalized spacial score (nSPS) is 17.9. The van der Waals surface area contributed by atoms with Gasteiger partial charge in [0.1, 0.15) is 11.5 Å². The molecule has 0 saturated carbocycles. The quantitative estimate of drug-likeness (QED) is 0.146. The van der Waals surface area contributed by atoms with Gasteiger partial charge >= 0.3 is 6.35 Å². The summed E-state index contributed by atoms with van der Waals surface area (Å²) in [5.41, 5.74) is 2.64. The highest BCUT2D eigenvalue weighted by Gasteiger charge is 2.45. The maximum Gasteiger partial charge on any atom is 0.541 e. The summed E-state index contributed by atoms with van der Waals surface area (Å²) in [7, 11) is -2.95. The van der Waals surface area contributed by atoms with E-state index in [4.69, 9.17) is 19.3 Å². The molecule has 0 radical (unpaired) electrons. The van der Waals surface area contributed by atoms with Crippen LogP contribution in [0.4, 0.5) is 0 Å². The Morgan fingerprint density at radius 2 is 1.70 bits per heavy atom. The highest BCUT2D eigenvalue weighted by Crippen LogP contribution is 2.28. The minimum Gasteiger partial charge on any atom is -0.497 e. The molecule has 11 nitrogen and oxygen atoms in total. The third-order valence-corrected chi connectivity index (χ3v) is 8.25. The van der Waals surface area contributed by atoms with E-state index in [-0.39, 0.29) is 22.8 Å². The van der Waals surface area contributed by atoms with E-state index < -0.39 is 22.6 Å². The number of carbonyl (C=O) groups excluding carboxylic acids is 1. The Hall–Kier alpha value is -5.20. The number of hydrogen-bond donors (Lipinski definition) is 1. The van der Waals surface area contributed by atoms with Gasteiger partial charge in [0.25, 0.3) is 27.0 Å². The fourth-order valence-electron chi connectivity index (χ4n) is 5.40. The van der Waals surface area contributed by atoms with Gasteiger partial charge in [-0.3, -0.25) is 9.35 Å². The van der Waals surface area contributed by atoms with Gasteiger partial charge in [-0.05, 0) is 66.7 Å². The first-order valence-electron chi connectivity index (χ1n) is 13.3. The first-order chi connectivity index (χ1) is 20.8. The van der Waals surface area contributed by atoms with Crippen LogP contribution in [0.2, 0.25) is 0 Å². The molecule has 2 unspecified atom stereocenters. The predicted octanol–water partition coefficient (Wildman–Crippen LogP) is 2.76. The van der Waals surface area contributed by atoms with Crippen LogP contribution in [0, 0.1) is 0 Å². The molecule has 4 heterocycles. The van der Waals surface area contributed by atoms with Crippen molar-refractivity contribution in [1.29, 1.82) is 0 Å². The Morgan fingerprint density at radius 1 is 0.953 bits per heavy atom. The van der Waals surface area contributed by atoms with Gasteiger partial charge in [0, 0.05) is 27.5 Å². The third kappa shape index (κ3) is 4.76. The van der Waals surface area contributed by atoms with E-state index in [0.717, 1.165) is 21.8 Å². The lowest BCUT2D eigenvalue weighted by Crippen LogP contribution is -2.48. The van der Waals surface area contributed by atoms with E-state index in [1.165, 1.54) is 18.2 Å². The van der Waals surface area contributed by atoms with E-state index in [1.807, 2.05) is 70.1 Å². The molecule has 0 saturated heterocycles. The lowest BCUT2D eigenvalue weighted by molar-refractivity contribution is -0.898. The molecular formula is C31H25N4O7S+3. The van der Waals surface area contributed by atoms with Crippen molar-refractivity contribution >= 4 is 50.3 Å². The van der Waals surface area contributed by atoms with Gasteiger partial charge in [-0.25, -0.2) is 0 Å². The Morgan fingerprint density at radius 3 is 2.42 bits per heavy atom. The molecule has 0 fully saturated rings. The molecule has 1 N–H and O–H groups in total. The molecule has 0 amide bonds. The number of fused-ring (bicyclic) bond motifs is 3. The maximum atomic E-state index is 12.3. The lowest BCUT2D eigenvalue weighted by Gasteiger charge is -2.15.